The summed E-state index contributed by atoms with van der Waals surface area (Å²) in [7, 11) is 0. The second-order valence-electron chi connectivity index (χ2n) is 4.14. The van der Waals surface area contributed by atoms with Crippen LogP contribution in [0.1, 0.15) is 24.5 Å². The van der Waals surface area contributed by atoms with E-state index in [0.717, 1.165) is 31.0 Å². The van der Waals surface area contributed by atoms with Gasteiger partial charge in [-0.1, -0.05) is 5.21 Å². The molecular formula is C11H10F2N4. The first-order valence-electron chi connectivity index (χ1n) is 5.33. The third-order valence-electron chi connectivity index (χ3n) is 2.83. The normalized spacial score (nSPS) is 15.2. The van der Waals surface area contributed by atoms with Crippen LogP contribution in [-0.2, 0) is 0 Å². The van der Waals surface area contributed by atoms with Crippen molar-refractivity contribution in [3.05, 3.63) is 35.5 Å². The zero-order chi connectivity index (χ0) is 12.0. The van der Waals surface area contributed by atoms with Crippen molar-refractivity contribution in [3.63, 3.8) is 0 Å². The zero-order valence-electron chi connectivity index (χ0n) is 8.90. The highest BCUT2D eigenvalue weighted by Crippen LogP contribution is 2.42. The molecule has 3 rings (SSSR count). The molecule has 1 aromatic heterocycles. The molecule has 1 aliphatic carbocycles. The van der Waals surface area contributed by atoms with Crippen molar-refractivity contribution in [2.75, 3.05) is 5.73 Å². The molecule has 1 fully saturated rings. The third kappa shape index (κ3) is 1.65. The lowest BCUT2D eigenvalue weighted by atomic mass is 10.2. The number of rotatable bonds is 2. The Morgan fingerprint density at radius 2 is 2.06 bits per heavy atom. The number of nitrogens with zero attached hydrogens (tertiary/aromatic N) is 3. The number of aromatic nitrogens is 3. The fourth-order valence-electron chi connectivity index (χ4n) is 1.87. The second kappa shape index (κ2) is 3.51. The van der Waals surface area contributed by atoms with Gasteiger partial charge in [-0.3, -0.25) is 0 Å². The smallest absolute Gasteiger partial charge is 0.169 e. The number of halogens is 2. The van der Waals surface area contributed by atoms with Gasteiger partial charge in [0.2, 0.25) is 0 Å². The van der Waals surface area contributed by atoms with Crippen LogP contribution in [-0.4, -0.2) is 15.0 Å². The zero-order valence-corrected chi connectivity index (χ0v) is 8.90. The van der Waals surface area contributed by atoms with E-state index in [1.165, 1.54) is 4.68 Å². The molecule has 0 amide bonds. The Labute approximate surface area is 96.0 Å². The predicted molar refractivity (Wildman–Crippen MR) is 57.7 cm³/mol. The molecule has 0 atom stereocenters. The molecule has 0 aliphatic heterocycles. The van der Waals surface area contributed by atoms with Crippen molar-refractivity contribution >= 4 is 5.82 Å². The molecule has 17 heavy (non-hydrogen) atoms. The van der Waals surface area contributed by atoms with Gasteiger partial charge < -0.3 is 5.73 Å². The first kappa shape index (κ1) is 10.2. The highest BCUT2D eigenvalue weighted by Gasteiger charge is 2.31. The maximum atomic E-state index is 13.6. The van der Waals surface area contributed by atoms with Gasteiger partial charge in [0.25, 0.3) is 0 Å². The van der Waals surface area contributed by atoms with Gasteiger partial charge >= 0.3 is 0 Å². The quantitative estimate of drug-likeness (QED) is 0.867. The van der Waals surface area contributed by atoms with Gasteiger partial charge in [0.1, 0.15) is 17.3 Å². The first-order chi connectivity index (χ1) is 8.16. The van der Waals surface area contributed by atoms with E-state index in [0.29, 0.717) is 5.69 Å². The molecule has 0 spiro atoms. The minimum atomic E-state index is -0.543. The molecule has 1 saturated carbocycles. The van der Waals surface area contributed by atoms with Gasteiger partial charge in [-0.2, -0.15) is 0 Å². The van der Waals surface area contributed by atoms with E-state index in [1.54, 1.807) is 0 Å². The van der Waals surface area contributed by atoms with Gasteiger partial charge in [0.05, 0.1) is 5.69 Å². The Hall–Kier alpha value is -1.98. The number of hydrogen-bond acceptors (Lipinski definition) is 3. The fourth-order valence-corrected chi connectivity index (χ4v) is 1.87. The van der Waals surface area contributed by atoms with E-state index in [4.69, 9.17) is 5.73 Å². The third-order valence-corrected chi connectivity index (χ3v) is 2.83. The summed E-state index contributed by atoms with van der Waals surface area (Å²) in [5.41, 5.74) is 6.42. The maximum Gasteiger partial charge on any atom is 0.169 e. The molecule has 0 bridgehead atoms. The van der Waals surface area contributed by atoms with Crippen molar-refractivity contribution in [2.24, 2.45) is 0 Å². The van der Waals surface area contributed by atoms with Crippen LogP contribution < -0.4 is 5.73 Å². The molecular weight excluding hydrogens is 226 g/mol. The van der Waals surface area contributed by atoms with E-state index in [2.05, 4.69) is 10.3 Å². The van der Waals surface area contributed by atoms with Gasteiger partial charge in [0.15, 0.2) is 5.82 Å². The van der Waals surface area contributed by atoms with Crippen LogP contribution in [0.5, 0.6) is 0 Å². The van der Waals surface area contributed by atoms with Crippen LogP contribution in [0.2, 0.25) is 0 Å². The SMILES string of the molecule is Nc1nnn(-c2cc(F)ccc2F)c1C1CC1. The minimum absolute atomic E-state index is 0.0519. The molecule has 1 aromatic carbocycles. The molecule has 1 heterocycles. The van der Waals surface area contributed by atoms with Crippen molar-refractivity contribution in [1.29, 1.82) is 0 Å². The van der Waals surface area contributed by atoms with Crippen molar-refractivity contribution in [1.82, 2.24) is 15.0 Å². The van der Waals surface area contributed by atoms with E-state index in [1.807, 2.05) is 0 Å². The van der Waals surface area contributed by atoms with E-state index < -0.39 is 11.6 Å². The Balaban J connectivity index is 2.17. The Bertz CT molecular complexity index is 575. The number of nitrogen functional groups attached to an aromatic ring is 1. The Morgan fingerprint density at radius 1 is 1.29 bits per heavy atom. The van der Waals surface area contributed by atoms with Crippen molar-refractivity contribution in [3.8, 4) is 5.69 Å². The van der Waals surface area contributed by atoms with Gasteiger partial charge in [-0.15, -0.1) is 5.10 Å². The van der Waals surface area contributed by atoms with Crippen LogP contribution in [0, 0.1) is 11.6 Å². The largest absolute Gasteiger partial charge is 0.381 e. The first-order valence-corrected chi connectivity index (χ1v) is 5.33. The topological polar surface area (TPSA) is 56.7 Å². The Morgan fingerprint density at radius 3 is 2.76 bits per heavy atom. The van der Waals surface area contributed by atoms with Crippen LogP contribution in [0.3, 0.4) is 0 Å². The van der Waals surface area contributed by atoms with Crippen molar-refractivity contribution in [2.45, 2.75) is 18.8 Å². The van der Waals surface area contributed by atoms with Crippen LogP contribution in [0.4, 0.5) is 14.6 Å². The van der Waals surface area contributed by atoms with Crippen LogP contribution >= 0.6 is 0 Å². The number of benzene rings is 1. The molecule has 1 aliphatic rings. The van der Waals surface area contributed by atoms with Gasteiger partial charge in [0, 0.05) is 12.0 Å². The summed E-state index contributed by atoms with van der Waals surface area (Å²) in [6.45, 7) is 0. The molecule has 6 heteroatoms. The average Bonchev–Trinajstić information content (AvgIpc) is 3.06. The summed E-state index contributed by atoms with van der Waals surface area (Å²) in [6.07, 6.45) is 1.96. The summed E-state index contributed by atoms with van der Waals surface area (Å²) >= 11 is 0. The van der Waals surface area contributed by atoms with E-state index in [9.17, 15) is 8.78 Å². The Kier molecular flexibility index (Phi) is 2.10. The molecule has 0 unspecified atom stereocenters. The number of hydrogen-bond donors (Lipinski definition) is 1. The summed E-state index contributed by atoms with van der Waals surface area (Å²) in [5, 5.41) is 7.51. The summed E-state index contributed by atoms with van der Waals surface area (Å²) in [6, 6.07) is 3.23. The van der Waals surface area contributed by atoms with E-state index >= 15 is 0 Å². The molecule has 4 nitrogen and oxygen atoms in total. The molecule has 0 radical (unpaired) electrons. The lowest BCUT2D eigenvalue weighted by Gasteiger charge is -2.06. The average molecular weight is 236 g/mol. The summed E-state index contributed by atoms with van der Waals surface area (Å²) in [4.78, 5) is 0. The lowest BCUT2D eigenvalue weighted by Crippen LogP contribution is -2.05. The summed E-state index contributed by atoms with van der Waals surface area (Å²) in [5.74, 6) is -0.515. The van der Waals surface area contributed by atoms with Crippen LogP contribution in [0.15, 0.2) is 18.2 Å². The highest BCUT2D eigenvalue weighted by atomic mass is 19.1. The van der Waals surface area contributed by atoms with Crippen molar-refractivity contribution < 1.29 is 8.78 Å². The van der Waals surface area contributed by atoms with Gasteiger partial charge in [-0.25, -0.2) is 13.5 Å². The molecule has 2 N–H and O–H groups in total. The maximum absolute atomic E-state index is 13.6. The molecule has 88 valence electrons. The second-order valence-corrected chi connectivity index (χ2v) is 4.14. The molecule has 0 saturated heterocycles. The summed E-state index contributed by atoms with van der Waals surface area (Å²) < 4.78 is 28.1. The number of nitrogens with two attached hydrogens (primary N) is 1. The van der Waals surface area contributed by atoms with E-state index in [-0.39, 0.29) is 17.4 Å². The lowest BCUT2D eigenvalue weighted by molar-refractivity contribution is 0.580. The van der Waals surface area contributed by atoms with Crippen LogP contribution in [0.25, 0.3) is 5.69 Å². The highest BCUT2D eigenvalue weighted by molar-refractivity contribution is 5.45. The number of anilines is 1. The van der Waals surface area contributed by atoms with Gasteiger partial charge in [-0.05, 0) is 25.0 Å². The fraction of sp³-hybridized carbons (Fsp3) is 0.273. The standard InChI is InChI=1S/C11H10F2N4/c12-7-3-4-8(13)9(5-7)17-10(6-1-2-6)11(14)15-16-17/h3-6H,1-2,14H2. The monoisotopic (exact) mass is 236 g/mol. The predicted octanol–water partition coefficient (Wildman–Crippen LogP) is 2.01. The molecule has 2 aromatic rings. The minimum Gasteiger partial charge on any atom is -0.381 e.